The molecule has 0 saturated carbocycles. The fraction of sp³-hybridized carbons (Fsp3) is 0. The summed E-state index contributed by atoms with van der Waals surface area (Å²) in [4.78, 5) is 0. The zero-order valence-electron chi connectivity index (χ0n) is 26.7. The molecule has 9 aromatic rings. The average Bonchev–Trinajstić information content (AvgIpc) is 3.70. The van der Waals surface area contributed by atoms with Crippen LogP contribution in [0.4, 0.5) is 0 Å². The van der Waals surface area contributed by atoms with Crippen LogP contribution in [0.25, 0.3) is 77.2 Å². The molecule has 2 heterocycles. The summed E-state index contributed by atoms with van der Waals surface area (Å²) in [5.41, 5.74) is 11.7. The molecule has 0 aliphatic carbocycles. The number of nitriles is 3. The highest BCUT2D eigenvalue weighted by atomic mass is 15.0. The van der Waals surface area contributed by atoms with E-state index in [2.05, 4.69) is 112 Å². The Balaban J connectivity index is 1.37. The maximum atomic E-state index is 10.2. The quantitative estimate of drug-likeness (QED) is 0.193. The van der Waals surface area contributed by atoms with E-state index in [0.29, 0.717) is 16.7 Å². The molecule has 0 atom stereocenters. The lowest BCUT2D eigenvalue weighted by atomic mass is 9.92. The van der Waals surface area contributed by atoms with Gasteiger partial charge in [0.25, 0.3) is 0 Å². The predicted octanol–water partition coefficient (Wildman–Crippen LogP) is 10.8. The molecule has 0 amide bonds. The van der Waals surface area contributed by atoms with Gasteiger partial charge in [0.05, 0.1) is 62.3 Å². The molecule has 0 radical (unpaired) electrons. The zero-order chi connectivity index (χ0) is 33.8. The van der Waals surface area contributed by atoms with Gasteiger partial charge in [0, 0.05) is 32.7 Å². The molecule has 0 aliphatic heterocycles. The summed E-state index contributed by atoms with van der Waals surface area (Å²) in [6.07, 6.45) is 0. The molecular weight excluding hydrogens is 611 g/mol. The van der Waals surface area contributed by atoms with E-state index in [1.54, 1.807) is 0 Å². The highest BCUT2D eigenvalue weighted by Crippen LogP contribution is 2.44. The smallest absolute Gasteiger partial charge is 0.101 e. The Morgan fingerprint density at radius 1 is 0.360 bits per heavy atom. The van der Waals surface area contributed by atoms with E-state index in [1.807, 2.05) is 66.7 Å². The third-order valence-electron chi connectivity index (χ3n) is 9.64. The second-order valence-electron chi connectivity index (χ2n) is 12.3. The second kappa shape index (κ2) is 11.4. The molecule has 0 saturated heterocycles. The molecule has 0 N–H and O–H groups in total. The summed E-state index contributed by atoms with van der Waals surface area (Å²) in [5.74, 6) is 0. The molecule has 9 rings (SSSR count). The maximum Gasteiger partial charge on any atom is 0.101 e. The lowest BCUT2D eigenvalue weighted by Crippen LogP contribution is -2.00. The highest BCUT2D eigenvalue weighted by Gasteiger charge is 2.22. The van der Waals surface area contributed by atoms with Gasteiger partial charge in [-0.2, -0.15) is 15.8 Å². The van der Waals surface area contributed by atoms with Crippen LogP contribution in [0.5, 0.6) is 0 Å². The Bertz CT molecular complexity index is 2970. The largest absolute Gasteiger partial charge is 0.309 e. The first-order valence-electron chi connectivity index (χ1n) is 16.3. The summed E-state index contributed by atoms with van der Waals surface area (Å²) in [6, 6.07) is 57.9. The Kier molecular flexibility index (Phi) is 6.56. The average molecular weight is 636 g/mol. The molecule has 0 bridgehead atoms. The predicted molar refractivity (Wildman–Crippen MR) is 200 cm³/mol. The van der Waals surface area contributed by atoms with E-state index in [4.69, 9.17) is 0 Å². The topological polar surface area (TPSA) is 81.2 Å². The standard InChI is InChI=1S/C45H25N5/c46-26-29-20-22-43-38(24-29)35-14-5-8-19-42(35)49(43)41-18-7-4-13-34(41)32-11-2-3-12-33(32)36-15-9-16-37-39-25-30(27-47)21-23-44(39)50(45(36)37)40-17-6-1-10-31(40)28-48/h1-25H. The maximum absolute atomic E-state index is 10.2. The molecule has 0 fully saturated rings. The fourth-order valence-electron chi connectivity index (χ4n) is 7.52. The molecule has 7 aromatic carbocycles. The molecule has 2 aromatic heterocycles. The number of benzene rings is 7. The van der Waals surface area contributed by atoms with Gasteiger partial charge in [-0.3, -0.25) is 0 Å². The van der Waals surface area contributed by atoms with Gasteiger partial charge in [0.1, 0.15) is 6.07 Å². The van der Waals surface area contributed by atoms with Crippen LogP contribution in [-0.4, -0.2) is 9.13 Å². The van der Waals surface area contributed by atoms with Crippen LogP contribution in [0.3, 0.4) is 0 Å². The van der Waals surface area contributed by atoms with Crippen LogP contribution in [-0.2, 0) is 0 Å². The molecule has 50 heavy (non-hydrogen) atoms. The van der Waals surface area contributed by atoms with Gasteiger partial charge in [-0.25, -0.2) is 0 Å². The van der Waals surface area contributed by atoms with E-state index in [-0.39, 0.29) is 0 Å². The van der Waals surface area contributed by atoms with Gasteiger partial charge in [0.2, 0.25) is 0 Å². The monoisotopic (exact) mass is 635 g/mol. The Labute approximate surface area is 287 Å². The van der Waals surface area contributed by atoms with Crippen molar-refractivity contribution in [3.8, 4) is 51.8 Å². The lowest BCUT2D eigenvalue weighted by Gasteiger charge is -2.18. The van der Waals surface area contributed by atoms with E-state index in [1.165, 1.54) is 0 Å². The minimum absolute atomic E-state index is 0.565. The van der Waals surface area contributed by atoms with Crippen LogP contribution in [0.1, 0.15) is 16.7 Å². The first kappa shape index (κ1) is 28.8. The molecule has 0 spiro atoms. The van der Waals surface area contributed by atoms with Crippen molar-refractivity contribution in [2.24, 2.45) is 0 Å². The van der Waals surface area contributed by atoms with Gasteiger partial charge in [-0.05, 0) is 71.8 Å². The summed E-state index contributed by atoms with van der Waals surface area (Å²) >= 11 is 0. The highest BCUT2D eigenvalue weighted by molar-refractivity contribution is 6.15. The van der Waals surface area contributed by atoms with Gasteiger partial charge in [-0.15, -0.1) is 0 Å². The number of rotatable bonds is 4. The van der Waals surface area contributed by atoms with Crippen LogP contribution in [0, 0.1) is 34.0 Å². The number of aromatic nitrogens is 2. The SMILES string of the molecule is N#Cc1ccc2c(c1)c1ccccc1n2-c1ccccc1-c1ccccc1-c1cccc2c3cc(C#N)ccc3n(-c3ccccc3C#N)c12. The van der Waals surface area contributed by atoms with Crippen molar-refractivity contribution in [2.45, 2.75) is 0 Å². The van der Waals surface area contributed by atoms with Crippen LogP contribution < -0.4 is 0 Å². The Morgan fingerprint density at radius 3 is 1.60 bits per heavy atom. The summed E-state index contributed by atoms with van der Waals surface area (Å²) < 4.78 is 4.46. The normalized spacial score (nSPS) is 11.1. The summed E-state index contributed by atoms with van der Waals surface area (Å²) in [6.45, 7) is 0. The number of para-hydroxylation sites is 4. The van der Waals surface area contributed by atoms with E-state index in [0.717, 1.165) is 77.2 Å². The second-order valence-corrected chi connectivity index (χ2v) is 12.3. The third-order valence-corrected chi connectivity index (χ3v) is 9.64. The number of hydrogen-bond donors (Lipinski definition) is 0. The van der Waals surface area contributed by atoms with Gasteiger partial charge in [0.15, 0.2) is 0 Å². The fourth-order valence-corrected chi connectivity index (χ4v) is 7.52. The van der Waals surface area contributed by atoms with Crippen LogP contribution >= 0.6 is 0 Å². The van der Waals surface area contributed by atoms with Crippen molar-refractivity contribution in [1.82, 2.24) is 9.13 Å². The number of fused-ring (bicyclic) bond motifs is 6. The van der Waals surface area contributed by atoms with E-state index >= 15 is 0 Å². The zero-order valence-corrected chi connectivity index (χ0v) is 26.7. The van der Waals surface area contributed by atoms with Crippen molar-refractivity contribution >= 4 is 43.6 Å². The number of nitrogens with zero attached hydrogens (tertiary/aromatic N) is 5. The molecule has 5 heteroatoms. The van der Waals surface area contributed by atoms with Crippen molar-refractivity contribution < 1.29 is 0 Å². The van der Waals surface area contributed by atoms with Crippen LogP contribution in [0.15, 0.2) is 152 Å². The Morgan fingerprint density at radius 2 is 0.880 bits per heavy atom. The number of hydrogen-bond acceptors (Lipinski definition) is 3. The molecule has 5 nitrogen and oxygen atoms in total. The molecule has 0 unspecified atom stereocenters. The van der Waals surface area contributed by atoms with Gasteiger partial charge in [-0.1, -0.05) is 91.0 Å². The van der Waals surface area contributed by atoms with Crippen molar-refractivity contribution in [3.63, 3.8) is 0 Å². The molecule has 230 valence electrons. The van der Waals surface area contributed by atoms with Crippen LogP contribution in [0.2, 0.25) is 0 Å². The first-order valence-corrected chi connectivity index (χ1v) is 16.3. The molecular formula is C45H25N5. The minimum atomic E-state index is 0.565. The Hall–Kier alpha value is -7.39. The van der Waals surface area contributed by atoms with Crippen molar-refractivity contribution in [3.05, 3.63) is 168 Å². The summed E-state index contributed by atoms with van der Waals surface area (Å²) in [7, 11) is 0. The van der Waals surface area contributed by atoms with Crippen molar-refractivity contribution in [1.29, 1.82) is 15.8 Å². The minimum Gasteiger partial charge on any atom is -0.309 e. The van der Waals surface area contributed by atoms with Gasteiger partial charge < -0.3 is 9.13 Å². The third kappa shape index (κ3) is 4.24. The first-order chi connectivity index (χ1) is 24.7. The lowest BCUT2D eigenvalue weighted by molar-refractivity contribution is 1.17. The van der Waals surface area contributed by atoms with Gasteiger partial charge >= 0.3 is 0 Å². The van der Waals surface area contributed by atoms with E-state index in [9.17, 15) is 15.8 Å². The summed E-state index contributed by atoms with van der Waals surface area (Å²) in [5, 5.41) is 33.8. The van der Waals surface area contributed by atoms with E-state index < -0.39 is 0 Å². The van der Waals surface area contributed by atoms with Crippen molar-refractivity contribution in [2.75, 3.05) is 0 Å². The molecule has 0 aliphatic rings.